The van der Waals surface area contributed by atoms with Gasteiger partial charge in [-0.1, -0.05) is 11.8 Å². The Morgan fingerprint density at radius 1 is 1.45 bits per heavy atom. The summed E-state index contributed by atoms with van der Waals surface area (Å²) in [6.07, 6.45) is 3.30. The van der Waals surface area contributed by atoms with Crippen LogP contribution in [0.15, 0.2) is 16.6 Å². The van der Waals surface area contributed by atoms with Gasteiger partial charge in [0, 0.05) is 19.3 Å². The molecule has 0 unspecified atom stereocenters. The van der Waals surface area contributed by atoms with Gasteiger partial charge in [0.05, 0.1) is 0 Å². The maximum absolute atomic E-state index is 4.33. The summed E-state index contributed by atoms with van der Waals surface area (Å²) in [4.78, 5) is 6.54. The van der Waals surface area contributed by atoms with Crippen molar-refractivity contribution in [3.8, 4) is 0 Å². The summed E-state index contributed by atoms with van der Waals surface area (Å²) >= 11 is 1.72. The van der Waals surface area contributed by atoms with Crippen molar-refractivity contribution >= 4 is 41.7 Å². The molecule has 2 nitrogen and oxygen atoms in total. The van der Waals surface area contributed by atoms with E-state index in [1.165, 1.54) is 11.6 Å². The van der Waals surface area contributed by atoms with Gasteiger partial charge in [-0.05, 0) is 11.8 Å². The van der Waals surface area contributed by atoms with E-state index in [9.17, 15) is 0 Å². The second kappa shape index (κ2) is 4.91. The maximum Gasteiger partial charge on any atom is 0.167 e. The summed E-state index contributed by atoms with van der Waals surface area (Å²) in [6.45, 7) is 2.17. The van der Waals surface area contributed by atoms with Crippen LogP contribution in [0, 0.1) is 0 Å². The first kappa shape index (κ1) is 11.1. The standard InChI is InChI=1S/C6H8N2S.2ClH/c1-2-7-6-8(3-1)4-5-9-6;;/h4-5H,1-3H2;2*1H. The third-order valence-corrected chi connectivity index (χ3v) is 2.30. The normalized spacial score (nSPS) is 19.6. The van der Waals surface area contributed by atoms with E-state index >= 15 is 0 Å². The highest BCUT2D eigenvalue weighted by atomic mass is 35.5. The Hall–Kier alpha value is 0.140. The fraction of sp³-hybridized carbons (Fsp3) is 0.500. The third-order valence-electron chi connectivity index (χ3n) is 1.46. The molecule has 0 amide bonds. The molecule has 0 aromatic rings. The van der Waals surface area contributed by atoms with Crippen LogP contribution >= 0.6 is 36.6 Å². The monoisotopic (exact) mass is 212 g/mol. The van der Waals surface area contributed by atoms with Crippen LogP contribution in [0.4, 0.5) is 0 Å². The molecule has 2 heterocycles. The summed E-state index contributed by atoms with van der Waals surface area (Å²) in [7, 11) is 0. The molecule has 2 aliphatic rings. The quantitative estimate of drug-likeness (QED) is 0.612. The first-order valence-electron chi connectivity index (χ1n) is 3.11. The molecular weight excluding hydrogens is 203 g/mol. The van der Waals surface area contributed by atoms with Gasteiger partial charge in [-0.15, -0.1) is 24.8 Å². The molecule has 0 spiro atoms. The van der Waals surface area contributed by atoms with Gasteiger partial charge in [0.1, 0.15) is 0 Å². The zero-order chi connectivity index (χ0) is 6.10. The van der Waals surface area contributed by atoms with Crippen LogP contribution in [-0.2, 0) is 0 Å². The van der Waals surface area contributed by atoms with E-state index in [0.717, 1.165) is 13.1 Å². The SMILES string of the molecule is C1=CN2CCCN=C2S1.Cl.Cl. The number of halogens is 2. The van der Waals surface area contributed by atoms with Crippen molar-refractivity contribution in [2.45, 2.75) is 6.42 Å². The number of hydrogen-bond acceptors (Lipinski definition) is 3. The summed E-state index contributed by atoms with van der Waals surface area (Å²) < 4.78 is 0. The molecule has 0 radical (unpaired) electrons. The third kappa shape index (κ3) is 2.29. The van der Waals surface area contributed by atoms with Crippen LogP contribution in [0.2, 0.25) is 0 Å². The smallest absolute Gasteiger partial charge is 0.167 e. The van der Waals surface area contributed by atoms with Crippen LogP contribution < -0.4 is 0 Å². The minimum absolute atomic E-state index is 0. The molecular formula is C6H10Cl2N2S. The number of fused-ring (bicyclic) bond motifs is 1. The zero-order valence-electron chi connectivity index (χ0n) is 5.90. The lowest BCUT2D eigenvalue weighted by atomic mass is 10.4. The molecule has 5 heteroatoms. The number of amidine groups is 1. The van der Waals surface area contributed by atoms with Gasteiger partial charge in [-0.25, -0.2) is 0 Å². The molecule has 0 aliphatic carbocycles. The highest BCUT2D eigenvalue weighted by Crippen LogP contribution is 2.21. The van der Waals surface area contributed by atoms with Crippen LogP contribution in [0.3, 0.4) is 0 Å². The molecule has 64 valence electrons. The Morgan fingerprint density at radius 2 is 2.27 bits per heavy atom. The predicted octanol–water partition coefficient (Wildman–Crippen LogP) is 2.11. The lowest BCUT2D eigenvalue weighted by Gasteiger charge is -2.19. The van der Waals surface area contributed by atoms with Gasteiger partial charge in [0.2, 0.25) is 0 Å². The second-order valence-electron chi connectivity index (χ2n) is 2.11. The average molecular weight is 213 g/mol. The summed E-state index contributed by atoms with van der Waals surface area (Å²) in [6, 6.07) is 0. The minimum Gasteiger partial charge on any atom is -0.327 e. The maximum atomic E-state index is 4.33. The van der Waals surface area contributed by atoms with Crippen LogP contribution in [0.5, 0.6) is 0 Å². The zero-order valence-corrected chi connectivity index (χ0v) is 8.34. The molecule has 2 rings (SSSR count). The lowest BCUT2D eigenvalue weighted by molar-refractivity contribution is 0.523. The highest BCUT2D eigenvalue weighted by Gasteiger charge is 2.15. The van der Waals surface area contributed by atoms with Crippen LogP contribution in [0.25, 0.3) is 0 Å². The van der Waals surface area contributed by atoms with Crippen LogP contribution in [0.1, 0.15) is 6.42 Å². The van der Waals surface area contributed by atoms with Crippen molar-refractivity contribution in [3.63, 3.8) is 0 Å². The minimum atomic E-state index is 0. The Balaban J connectivity index is 0.000000500. The Bertz CT molecular complexity index is 181. The Morgan fingerprint density at radius 3 is 3.00 bits per heavy atom. The molecule has 0 atom stereocenters. The van der Waals surface area contributed by atoms with Crippen molar-refractivity contribution < 1.29 is 0 Å². The molecule has 0 fully saturated rings. The number of nitrogens with zero attached hydrogens (tertiary/aromatic N) is 2. The van der Waals surface area contributed by atoms with Gasteiger partial charge in [0.15, 0.2) is 5.17 Å². The van der Waals surface area contributed by atoms with E-state index in [2.05, 4.69) is 21.5 Å². The van der Waals surface area contributed by atoms with Gasteiger partial charge in [-0.2, -0.15) is 0 Å². The molecule has 0 saturated heterocycles. The highest BCUT2D eigenvalue weighted by molar-refractivity contribution is 8.16. The molecule has 0 aromatic carbocycles. The van der Waals surface area contributed by atoms with Gasteiger partial charge in [0.25, 0.3) is 0 Å². The lowest BCUT2D eigenvalue weighted by Crippen LogP contribution is -2.25. The number of thioether (sulfide) groups is 1. The van der Waals surface area contributed by atoms with E-state index in [-0.39, 0.29) is 24.8 Å². The second-order valence-corrected chi connectivity index (χ2v) is 2.99. The summed E-state index contributed by atoms with van der Waals surface area (Å²) in [5.74, 6) is 0. The van der Waals surface area contributed by atoms with Crippen molar-refractivity contribution in [2.24, 2.45) is 4.99 Å². The molecule has 2 aliphatic heterocycles. The molecule has 11 heavy (non-hydrogen) atoms. The Labute approximate surface area is 82.9 Å². The molecule has 0 N–H and O–H groups in total. The van der Waals surface area contributed by atoms with E-state index in [4.69, 9.17) is 0 Å². The van der Waals surface area contributed by atoms with Crippen molar-refractivity contribution in [3.05, 3.63) is 11.6 Å². The predicted molar refractivity (Wildman–Crippen MR) is 54.9 cm³/mol. The topological polar surface area (TPSA) is 15.6 Å². The molecule has 0 bridgehead atoms. The molecule has 0 aromatic heterocycles. The van der Waals surface area contributed by atoms with Crippen molar-refractivity contribution in [2.75, 3.05) is 13.1 Å². The van der Waals surface area contributed by atoms with Gasteiger partial charge in [-0.3, -0.25) is 4.99 Å². The largest absolute Gasteiger partial charge is 0.327 e. The first-order valence-corrected chi connectivity index (χ1v) is 3.99. The number of hydrogen-bond donors (Lipinski definition) is 0. The Kier molecular flexibility index (Phi) is 4.97. The van der Waals surface area contributed by atoms with Gasteiger partial charge >= 0.3 is 0 Å². The van der Waals surface area contributed by atoms with Crippen LogP contribution in [-0.4, -0.2) is 23.2 Å². The van der Waals surface area contributed by atoms with E-state index in [1.807, 2.05) is 0 Å². The van der Waals surface area contributed by atoms with Crippen molar-refractivity contribution in [1.29, 1.82) is 0 Å². The van der Waals surface area contributed by atoms with E-state index < -0.39 is 0 Å². The fourth-order valence-corrected chi connectivity index (χ4v) is 1.79. The van der Waals surface area contributed by atoms with E-state index in [1.54, 1.807) is 11.8 Å². The summed E-state index contributed by atoms with van der Waals surface area (Å²) in [5, 5.41) is 3.27. The first-order chi connectivity index (χ1) is 4.47. The summed E-state index contributed by atoms with van der Waals surface area (Å²) in [5.41, 5.74) is 0. The van der Waals surface area contributed by atoms with Crippen molar-refractivity contribution in [1.82, 2.24) is 4.90 Å². The number of rotatable bonds is 0. The fourth-order valence-electron chi connectivity index (χ4n) is 1.01. The number of aliphatic imine (C=N–C) groups is 1. The van der Waals surface area contributed by atoms with Gasteiger partial charge < -0.3 is 4.90 Å². The van der Waals surface area contributed by atoms with E-state index in [0.29, 0.717) is 0 Å². The molecule has 0 saturated carbocycles. The average Bonchev–Trinajstić information content (AvgIpc) is 2.33.